The summed E-state index contributed by atoms with van der Waals surface area (Å²) in [6.45, 7) is 0.175. The molecule has 0 aromatic carbocycles. The number of aromatic amines is 1. The van der Waals surface area contributed by atoms with E-state index in [-0.39, 0.29) is 24.4 Å². The lowest BCUT2D eigenvalue weighted by molar-refractivity contribution is 0.248. The van der Waals surface area contributed by atoms with Crippen molar-refractivity contribution in [2.24, 2.45) is 5.92 Å². The molecule has 0 amide bonds. The lowest BCUT2D eigenvalue weighted by Gasteiger charge is -2.06. The maximum absolute atomic E-state index is 9.23. The fourth-order valence-corrected chi connectivity index (χ4v) is 2.75. The Hall–Kier alpha value is -2.15. The molecule has 2 aromatic rings. The minimum Gasteiger partial charge on any atom is -0.396 e. The van der Waals surface area contributed by atoms with Crippen molar-refractivity contribution in [3.8, 4) is 0 Å². The topological polar surface area (TPSA) is 113 Å². The molecule has 21 heavy (non-hydrogen) atoms. The first kappa shape index (κ1) is 12.6. The number of H-pyrrole nitrogens is 1. The summed E-state index contributed by atoms with van der Waals surface area (Å²) in [7, 11) is 0. The number of nitrogens with zero attached hydrogens (tertiary/aromatic N) is 3. The molecular formula is C14H18N6O. The number of hydrogen-bond donors (Lipinski definition) is 4. The van der Waals surface area contributed by atoms with Crippen LogP contribution in [0.1, 0.15) is 31.0 Å². The molecule has 0 unspecified atom stereocenters. The molecule has 2 aromatic heterocycles. The monoisotopic (exact) mass is 286 g/mol. The van der Waals surface area contributed by atoms with E-state index in [9.17, 15) is 5.11 Å². The van der Waals surface area contributed by atoms with E-state index in [2.05, 4.69) is 31.3 Å². The second-order valence-electron chi connectivity index (χ2n) is 5.84. The van der Waals surface area contributed by atoms with Gasteiger partial charge in [0.2, 0.25) is 5.95 Å². The summed E-state index contributed by atoms with van der Waals surface area (Å²) in [5, 5.41) is 12.6. The van der Waals surface area contributed by atoms with Crippen LogP contribution in [0.25, 0.3) is 11.2 Å². The van der Waals surface area contributed by atoms with Crippen LogP contribution in [0.5, 0.6) is 0 Å². The Morgan fingerprint density at radius 3 is 2.86 bits per heavy atom. The molecule has 4 rings (SSSR count). The Morgan fingerprint density at radius 2 is 2.14 bits per heavy atom. The van der Waals surface area contributed by atoms with Crippen LogP contribution in [-0.4, -0.2) is 37.7 Å². The van der Waals surface area contributed by atoms with Crippen LogP contribution in [0.2, 0.25) is 0 Å². The molecular weight excluding hydrogens is 268 g/mol. The van der Waals surface area contributed by atoms with Crippen molar-refractivity contribution < 1.29 is 5.11 Å². The number of rotatable bonds is 4. The van der Waals surface area contributed by atoms with Gasteiger partial charge in [-0.2, -0.15) is 9.97 Å². The normalized spacial score (nSPS) is 24.8. The number of allylic oxidation sites excluding steroid dienone is 1. The Balaban J connectivity index is 1.70. The highest BCUT2D eigenvalue weighted by Crippen LogP contribution is 2.33. The highest BCUT2D eigenvalue weighted by molar-refractivity contribution is 5.84. The molecule has 110 valence electrons. The smallest absolute Gasteiger partial charge is 0.224 e. The van der Waals surface area contributed by atoms with Crippen LogP contribution in [0.15, 0.2) is 12.2 Å². The minimum absolute atomic E-state index is 0.175. The second kappa shape index (κ2) is 4.70. The van der Waals surface area contributed by atoms with Crippen LogP contribution in [0.4, 0.5) is 11.8 Å². The number of nitrogen functional groups attached to an aromatic ring is 1. The fraction of sp³-hybridized carbons (Fsp3) is 0.500. The van der Waals surface area contributed by atoms with Gasteiger partial charge in [-0.05, 0) is 19.3 Å². The summed E-state index contributed by atoms with van der Waals surface area (Å²) >= 11 is 0. The molecule has 2 heterocycles. The lowest BCUT2D eigenvalue weighted by atomic mass is 10.0. The number of hydrogen-bond acceptors (Lipinski definition) is 6. The summed E-state index contributed by atoms with van der Waals surface area (Å²) in [6.07, 6.45) is 7.32. The summed E-state index contributed by atoms with van der Waals surface area (Å²) in [6, 6.07) is 0.486. The van der Waals surface area contributed by atoms with Crippen molar-refractivity contribution in [3.05, 3.63) is 18.0 Å². The minimum atomic E-state index is 0.175. The van der Waals surface area contributed by atoms with Crippen molar-refractivity contribution in [1.29, 1.82) is 0 Å². The predicted molar refractivity (Wildman–Crippen MR) is 79.8 cm³/mol. The molecule has 0 saturated heterocycles. The van der Waals surface area contributed by atoms with E-state index >= 15 is 0 Å². The zero-order chi connectivity index (χ0) is 14.4. The Morgan fingerprint density at radius 1 is 1.29 bits per heavy atom. The second-order valence-corrected chi connectivity index (χ2v) is 5.84. The molecule has 0 radical (unpaired) electrons. The van der Waals surface area contributed by atoms with E-state index in [1.54, 1.807) is 0 Å². The van der Waals surface area contributed by atoms with Crippen LogP contribution in [0.3, 0.4) is 0 Å². The van der Waals surface area contributed by atoms with Gasteiger partial charge in [0.1, 0.15) is 11.3 Å². The van der Waals surface area contributed by atoms with Crippen molar-refractivity contribution in [3.63, 3.8) is 0 Å². The van der Waals surface area contributed by atoms with Crippen LogP contribution < -0.4 is 11.1 Å². The number of aromatic nitrogens is 4. The largest absolute Gasteiger partial charge is 0.396 e. The first-order chi connectivity index (χ1) is 10.2. The average molecular weight is 286 g/mol. The third-order valence-electron chi connectivity index (χ3n) is 4.06. The average Bonchev–Trinajstić information content (AvgIpc) is 3.01. The standard InChI is InChI=1S/C14H18N6O/c15-14-19-12(16-9-3-4-9)10-13(20-14)18-11(17-10)8-2-1-7(5-8)6-21/h1-2,7-9,21H,3-6H2,(H4,15,16,17,18,19,20)/t7-,8+/m1/s1. The van der Waals surface area contributed by atoms with E-state index < -0.39 is 0 Å². The predicted octanol–water partition coefficient (Wildman–Crippen LogP) is 1.16. The van der Waals surface area contributed by atoms with E-state index in [0.29, 0.717) is 11.7 Å². The van der Waals surface area contributed by atoms with Crippen molar-refractivity contribution >= 4 is 22.9 Å². The first-order valence-electron chi connectivity index (χ1n) is 7.32. The van der Waals surface area contributed by atoms with E-state index in [4.69, 9.17) is 5.73 Å². The number of anilines is 2. The Kier molecular flexibility index (Phi) is 2.81. The van der Waals surface area contributed by atoms with Gasteiger partial charge in [-0.1, -0.05) is 12.2 Å². The van der Waals surface area contributed by atoms with E-state index in [1.807, 2.05) is 6.08 Å². The lowest BCUT2D eigenvalue weighted by Crippen LogP contribution is -2.06. The number of nitrogens with one attached hydrogen (secondary N) is 2. The van der Waals surface area contributed by atoms with Gasteiger partial charge in [0, 0.05) is 24.5 Å². The van der Waals surface area contributed by atoms with Crippen molar-refractivity contribution in [1.82, 2.24) is 19.9 Å². The van der Waals surface area contributed by atoms with Gasteiger partial charge in [-0.3, -0.25) is 0 Å². The number of aliphatic hydroxyl groups is 1. The molecule has 1 fully saturated rings. The highest BCUT2D eigenvalue weighted by atomic mass is 16.3. The van der Waals surface area contributed by atoms with Crippen LogP contribution in [-0.2, 0) is 0 Å². The maximum Gasteiger partial charge on any atom is 0.224 e. The maximum atomic E-state index is 9.23. The van der Waals surface area contributed by atoms with Crippen LogP contribution in [0, 0.1) is 5.92 Å². The number of aliphatic hydroxyl groups excluding tert-OH is 1. The first-order valence-corrected chi connectivity index (χ1v) is 7.32. The van der Waals surface area contributed by atoms with Gasteiger partial charge >= 0.3 is 0 Å². The molecule has 7 nitrogen and oxygen atoms in total. The Bertz CT molecular complexity index is 705. The Labute approximate surface area is 121 Å². The summed E-state index contributed by atoms with van der Waals surface area (Å²) in [4.78, 5) is 16.4. The summed E-state index contributed by atoms with van der Waals surface area (Å²) in [5.74, 6) is 2.23. The van der Waals surface area contributed by atoms with Gasteiger partial charge in [0.25, 0.3) is 0 Å². The zero-order valence-electron chi connectivity index (χ0n) is 11.6. The number of nitrogens with two attached hydrogens (primary N) is 1. The van der Waals surface area contributed by atoms with Crippen LogP contribution >= 0.6 is 0 Å². The third-order valence-corrected chi connectivity index (χ3v) is 4.06. The molecule has 0 aliphatic heterocycles. The summed E-state index contributed by atoms with van der Waals surface area (Å²) < 4.78 is 0. The van der Waals surface area contributed by atoms with Gasteiger partial charge < -0.3 is 21.1 Å². The zero-order valence-corrected chi connectivity index (χ0v) is 11.6. The molecule has 0 spiro atoms. The molecule has 2 atom stereocenters. The SMILES string of the molecule is Nc1nc(NC2CC2)c2[nH]c([C@H]3C=C[C@@H](CO)C3)nc2n1. The fourth-order valence-electron chi connectivity index (χ4n) is 2.75. The molecule has 5 N–H and O–H groups in total. The number of imidazole rings is 1. The van der Waals surface area contributed by atoms with Gasteiger partial charge in [-0.15, -0.1) is 0 Å². The van der Waals surface area contributed by atoms with Gasteiger partial charge in [0.05, 0.1) is 0 Å². The van der Waals surface area contributed by atoms with E-state index in [0.717, 1.165) is 36.4 Å². The third kappa shape index (κ3) is 2.33. The number of fused-ring (bicyclic) bond motifs is 1. The quantitative estimate of drug-likeness (QED) is 0.627. The van der Waals surface area contributed by atoms with Crippen molar-refractivity contribution in [2.45, 2.75) is 31.2 Å². The molecule has 0 bridgehead atoms. The van der Waals surface area contributed by atoms with Gasteiger partial charge in [-0.25, -0.2) is 4.98 Å². The van der Waals surface area contributed by atoms with Gasteiger partial charge in [0.15, 0.2) is 11.5 Å². The molecule has 2 aliphatic rings. The van der Waals surface area contributed by atoms with E-state index in [1.165, 1.54) is 0 Å². The molecule has 2 aliphatic carbocycles. The van der Waals surface area contributed by atoms with Crippen molar-refractivity contribution in [2.75, 3.05) is 17.7 Å². The molecule has 7 heteroatoms. The molecule has 1 saturated carbocycles. The highest BCUT2D eigenvalue weighted by Gasteiger charge is 2.26. The summed E-state index contributed by atoms with van der Waals surface area (Å²) in [5.41, 5.74) is 7.17.